The number of nitrogens with zero attached hydrogens (tertiary/aromatic N) is 1. The summed E-state index contributed by atoms with van der Waals surface area (Å²) in [6, 6.07) is 18.3. The van der Waals surface area contributed by atoms with Crippen molar-refractivity contribution in [3.63, 3.8) is 0 Å². The molecule has 3 rings (SSSR count). The maximum atomic E-state index is 11.7. The molecule has 0 saturated heterocycles. The molecule has 3 aromatic rings. The second-order valence-electron chi connectivity index (χ2n) is 5.25. The predicted octanol–water partition coefficient (Wildman–Crippen LogP) is 5.38. The van der Waals surface area contributed by atoms with Gasteiger partial charge < -0.3 is 9.15 Å². The van der Waals surface area contributed by atoms with Crippen LogP contribution in [0.3, 0.4) is 0 Å². The molecule has 0 aliphatic heterocycles. The van der Waals surface area contributed by atoms with E-state index in [0.29, 0.717) is 21.6 Å². The zero-order valence-corrected chi connectivity index (χ0v) is 17.1. The van der Waals surface area contributed by atoms with Crippen molar-refractivity contribution >= 4 is 51.4 Å². The van der Waals surface area contributed by atoms with Crippen LogP contribution >= 0.6 is 39.3 Å². The molecule has 27 heavy (non-hydrogen) atoms. The topological polar surface area (TPSA) is 63.8 Å². The number of hydrazone groups is 1. The molecule has 1 N–H and O–H groups in total. The molecular formula is C19H14BrClN2O3S. The second-order valence-corrected chi connectivity index (χ2v) is 7.68. The molecule has 8 heteroatoms. The highest BCUT2D eigenvalue weighted by Gasteiger charge is 2.04. The van der Waals surface area contributed by atoms with E-state index in [4.69, 9.17) is 20.8 Å². The highest BCUT2D eigenvalue weighted by Crippen LogP contribution is 2.29. The number of rotatable bonds is 7. The van der Waals surface area contributed by atoms with Crippen molar-refractivity contribution in [1.29, 1.82) is 0 Å². The molecule has 0 unspecified atom stereocenters. The van der Waals surface area contributed by atoms with Crippen LogP contribution in [0, 0.1) is 0 Å². The van der Waals surface area contributed by atoms with Crippen molar-refractivity contribution in [3.05, 3.63) is 75.9 Å². The lowest BCUT2D eigenvalue weighted by Crippen LogP contribution is -2.24. The van der Waals surface area contributed by atoms with E-state index >= 15 is 0 Å². The van der Waals surface area contributed by atoms with Gasteiger partial charge in [-0.3, -0.25) is 4.79 Å². The first-order valence-electron chi connectivity index (χ1n) is 7.82. The molecular weight excluding hydrogens is 452 g/mol. The van der Waals surface area contributed by atoms with E-state index in [-0.39, 0.29) is 12.5 Å². The predicted molar refractivity (Wildman–Crippen MR) is 110 cm³/mol. The first-order chi connectivity index (χ1) is 13.1. The normalized spacial score (nSPS) is 10.9. The third-order valence-corrected chi connectivity index (χ3v) is 4.91. The van der Waals surface area contributed by atoms with Gasteiger partial charge in [0, 0.05) is 14.4 Å². The van der Waals surface area contributed by atoms with E-state index in [9.17, 15) is 4.79 Å². The van der Waals surface area contributed by atoms with Gasteiger partial charge in [-0.25, -0.2) is 5.43 Å². The molecule has 1 aromatic heterocycles. The number of carbonyl (C=O) groups is 1. The summed E-state index contributed by atoms with van der Waals surface area (Å²) in [4.78, 5) is 12.8. The lowest BCUT2D eigenvalue weighted by Gasteiger charge is -2.04. The summed E-state index contributed by atoms with van der Waals surface area (Å²) in [6.07, 6.45) is 1.43. The van der Waals surface area contributed by atoms with Gasteiger partial charge >= 0.3 is 0 Å². The zero-order chi connectivity index (χ0) is 19.1. The van der Waals surface area contributed by atoms with Crippen LogP contribution in [0.2, 0.25) is 5.02 Å². The minimum atomic E-state index is -0.364. The maximum Gasteiger partial charge on any atom is 0.277 e. The number of amides is 1. The number of hydrogen-bond acceptors (Lipinski definition) is 5. The fraction of sp³-hybridized carbons (Fsp3) is 0.0526. The number of carbonyl (C=O) groups excluding carboxylic acids is 1. The van der Waals surface area contributed by atoms with Gasteiger partial charge in [0.1, 0.15) is 11.5 Å². The Bertz CT molecular complexity index is 927. The third-order valence-electron chi connectivity index (χ3n) is 3.20. The summed E-state index contributed by atoms with van der Waals surface area (Å²) in [7, 11) is 0. The minimum absolute atomic E-state index is 0.130. The van der Waals surface area contributed by atoms with E-state index in [2.05, 4.69) is 26.5 Å². The lowest BCUT2D eigenvalue weighted by atomic mass is 10.3. The van der Waals surface area contributed by atoms with Gasteiger partial charge in [0.15, 0.2) is 11.7 Å². The minimum Gasteiger partial charge on any atom is -0.484 e. The van der Waals surface area contributed by atoms with Gasteiger partial charge in [-0.05, 0) is 60.7 Å². The summed E-state index contributed by atoms with van der Waals surface area (Å²) in [5.74, 6) is 0.768. The third kappa shape index (κ3) is 6.46. The zero-order valence-electron chi connectivity index (χ0n) is 13.9. The number of furan rings is 1. The van der Waals surface area contributed by atoms with Crippen LogP contribution in [-0.4, -0.2) is 18.7 Å². The summed E-state index contributed by atoms with van der Waals surface area (Å²) in [6.45, 7) is -0.130. The molecule has 1 heterocycles. The maximum absolute atomic E-state index is 11.7. The Labute approximate surface area is 173 Å². The van der Waals surface area contributed by atoms with E-state index in [1.165, 1.54) is 18.0 Å². The standard InChI is InChI=1S/C19H14BrClN2O3S/c20-13-1-5-15(6-2-13)25-12-18(24)23-22-11-16-7-10-19(26-16)27-17-8-3-14(21)4-9-17/h1-11H,12H2,(H,23,24). The molecule has 0 fully saturated rings. The lowest BCUT2D eigenvalue weighted by molar-refractivity contribution is -0.123. The first kappa shape index (κ1) is 19.5. The Kier molecular flexibility index (Phi) is 6.98. The summed E-state index contributed by atoms with van der Waals surface area (Å²) >= 11 is 10.7. The molecule has 0 bridgehead atoms. The van der Waals surface area contributed by atoms with Crippen LogP contribution in [0.25, 0.3) is 0 Å². The smallest absolute Gasteiger partial charge is 0.277 e. The van der Waals surface area contributed by atoms with Crippen molar-refractivity contribution in [2.75, 3.05) is 6.61 Å². The van der Waals surface area contributed by atoms with E-state index in [0.717, 1.165) is 9.37 Å². The second kappa shape index (κ2) is 9.64. The highest BCUT2D eigenvalue weighted by molar-refractivity contribution is 9.10. The Morgan fingerprint density at radius 3 is 2.63 bits per heavy atom. The van der Waals surface area contributed by atoms with Gasteiger partial charge in [0.05, 0.1) is 6.21 Å². The van der Waals surface area contributed by atoms with Crippen molar-refractivity contribution in [2.45, 2.75) is 9.99 Å². The van der Waals surface area contributed by atoms with Crippen molar-refractivity contribution in [1.82, 2.24) is 5.43 Å². The monoisotopic (exact) mass is 464 g/mol. The van der Waals surface area contributed by atoms with Crippen molar-refractivity contribution < 1.29 is 13.9 Å². The number of hydrogen-bond donors (Lipinski definition) is 1. The van der Waals surface area contributed by atoms with Crippen molar-refractivity contribution in [3.8, 4) is 5.75 Å². The fourth-order valence-electron chi connectivity index (χ4n) is 1.96. The number of halogens is 2. The largest absolute Gasteiger partial charge is 0.484 e. The van der Waals surface area contributed by atoms with Gasteiger partial charge in [-0.2, -0.15) is 5.10 Å². The molecule has 0 atom stereocenters. The van der Waals surface area contributed by atoms with Gasteiger partial charge in [-0.15, -0.1) is 0 Å². The highest BCUT2D eigenvalue weighted by atomic mass is 79.9. The Morgan fingerprint density at radius 1 is 1.15 bits per heavy atom. The molecule has 0 saturated carbocycles. The molecule has 5 nitrogen and oxygen atoms in total. The number of ether oxygens (including phenoxy) is 1. The fourth-order valence-corrected chi connectivity index (χ4v) is 3.13. The molecule has 0 aliphatic rings. The molecule has 1 amide bonds. The first-order valence-corrected chi connectivity index (χ1v) is 9.81. The van der Waals surface area contributed by atoms with E-state index in [1.54, 1.807) is 18.2 Å². The Hall–Kier alpha value is -2.22. The van der Waals surface area contributed by atoms with Crippen LogP contribution < -0.4 is 10.2 Å². The Balaban J connectivity index is 1.45. The molecule has 0 spiro atoms. The van der Waals surface area contributed by atoms with Crippen LogP contribution in [-0.2, 0) is 4.79 Å². The van der Waals surface area contributed by atoms with E-state index < -0.39 is 0 Å². The average Bonchev–Trinajstić information content (AvgIpc) is 3.10. The Morgan fingerprint density at radius 2 is 1.89 bits per heavy atom. The van der Waals surface area contributed by atoms with Crippen LogP contribution in [0.15, 0.2) is 84.6 Å². The van der Waals surface area contributed by atoms with Crippen molar-refractivity contribution in [2.24, 2.45) is 5.10 Å². The van der Waals surface area contributed by atoms with Gasteiger partial charge in [-0.1, -0.05) is 39.3 Å². The van der Waals surface area contributed by atoms with Gasteiger partial charge in [0.25, 0.3) is 5.91 Å². The summed E-state index contributed by atoms with van der Waals surface area (Å²) in [5.41, 5.74) is 2.39. The average molecular weight is 466 g/mol. The number of benzene rings is 2. The van der Waals surface area contributed by atoms with Gasteiger partial charge in [0.2, 0.25) is 0 Å². The molecule has 0 radical (unpaired) electrons. The summed E-state index contributed by atoms with van der Waals surface area (Å²) in [5, 5.41) is 5.27. The summed E-state index contributed by atoms with van der Waals surface area (Å²) < 4.78 is 11.9. The van der Waals surface area contributed by atoms with Crippen LogP contribution in [0.1, 0.15) is 5.76 Å². The number of nitrogens with one attached hydrogen (secondary N) is 1. The SMILES string of the molecule is O=C(COc1ccc(Br)cc1)NN=Cc1ccc(Sc2ccc(Cl)cc2)o1. The quantitative estimate of drug-likeness (QED) is 0.376. The van der Waals surface area contributed by atoms with Crippen LogP contribution in [0.5, 0.6) is 5.75 Å². The molecule has 0 aliphatic carbocycles. The molecule has 138 valence electrons. The molecule has 2 aromatic carbocycles. The van der Waals surface area contributed by atoms with E-state index in [1.807, 2.05) is 42.5 Å². The van der Waals surface area contributed by atoms with Crippen LogP contribution in [0.4, 0.5) is 0 Å².